The lowest BCUT2D eigenvalue weighted by Crippen LogP contribution is -2.08. The van der Waals surface area contributed by atoms with Crippen LogP contribution in [0.2, 0.25) is 0 Å². The minimum absolute atomic E-state index is 0.453. The van der Waals surface area contributed by atoms with Crippen LogP contribution in [0.3, 0.4) is 0 Å². The summed E-state index contributed by atoms with van der Waals surface area (Å²) < 4.78 is 9.62. The van der Waals surface area contributed by atoms with Crippen LogP contribution in [0.15, 0.2) is 0 Å². The van der Waals surface area contributed by atoms with E-state index in [1.807, 2.05) is 6.92 Å². The van der Waals surface area contributed by atoms with Gasteiger partial charge in [-0.05, 0) is 12.8 Å². The third-order valence-corrected chi connectivity index (χ3v) is 1.89. The van der Waals surface area contributed by atoms with Gasteiger partial charge >= 0.3 is 6.16 Å². The zero-order chi connectivity index (χ0) is 10.6. The predicted molar refractivity (Wildman–Crippen MR) is 56.4 cm³/mol. The highest BCUT2D eigenvalue weighted by molar-refractivity contribution is 5.59. The maximum absolute atomic E-state index is 10.8. The van der Waals surface area contributed by atoms with Crippen molar-refractivity contribution in [2.75, 3.05) is 13.2 Å². The Morgan fingerprint density at radius 1 is 0.857 bits per heavy atom. The summed E-state index contributed by atoms with van der Waals surface area (Å²) in [5.74, 6) is 0. The molecule has 14 heavy (non-hydrogen) atoms. The molecule has 0 aromatic rings. The van der Waals surface area contributed by atoms with Crippen LogP contribution in [0.1, 0.15) is 52.4 Å². The average Bonchev–Trinajstić information content (AvgIpc) is 2.20. The summed E-state index contributed by atoms with van der Waals surface area (Å²) in [7, 11) is 0. The van der Waals surface area contributed by atoms with Crippen molar-refractivity contribution in [3.63, 3.8) is 0 Å². The highest BCUT2D eigenvalue weighted by atomic mass is 16.7. The molecule has 0 heterocycles. The van der Waals surface area contributed by atoms with Crippen molar-refractivity contribution < 1.29 is 14.3 Å². The zero-order valence-electron chi connectivity index (χ0n) is 9.38. The van der Waals surface area contributed by atoms with E-state index in [9.17, 15) is 4.79 Å². The first-order valence-corrected chi connectivity index (χ1v) is 5.60. The minimum atomic E-state index is -0.526. The molecule has 3 nitrogen and oxygen atoms in total. The lowest BCUT2D eigenvalue weighted by atomic mass is 10.2. The minimum Gasteiger partial charge on any atom is -0.434 e. The maximum Gasteiger partial charge on any atom is 0.508 e. The van der Waals surface area contributed by atoms with E-state index in [4.69, 9.17) is 9.47 Å². The molecule has 0 fully saturated rings. The Kier molecular flexibility index (Phi) is 9.81. The van der Waals surface area contributed by atoms with Crippen LogP contribution in [0.25, 0.3) is 0 Å². The molecule has 0 aliphatic rings. The molecule has 0 saturated carbocycles. The number of rotatable bonds is 8. The fourth-order valence-corrected chi connectivity index (χ4v) is 1.09. The molecule has 0 aliphatic heterocycles. The molecule has 0 amide bonds. The number of ether oxygens (including phenoxy) is 2. The molecule has 0 spiro atoms. The molecule has 0 rings (SSSR count). The fourth-order valence-electron chi connectivity index (χ4n) is 1.09. The lowest BCUT2D eigenvalue weighted by molar-refractivity contribution is 0.0542. The molecule has 0 aromatic carbocycles. The first-order chi connectivity index (χ1) is 6.81. The van der Waals surface area contributed by atoms with Crippen LogP contribution in [0.5, 0.6) is 0 Å². The van der Waals surface area contributed by atoms with Gasteiger partial charge in [-0.15, -0.1) is 0 Å². The number of hydrogen-bond donors (Lipinski definition) is 0. The average molecular weight is 202 g/mol. The van der Waals surface area contributed by atoms with Gasteiger partial charge in [0.05, 0.1) is 13.2 Å². The summed E-state index contributed by atoms with van der Waals surface area (Å²) in [5.41, 5.74) is 0. The zero-order valence-corrected chi connectivity index (χ0v) is 9.38. The van der Waals surface area contributed by atoms with Crippen molar-refractivity contribution in [2.24, 2.45) is 0 Å². The summed E-state index contributed by atoms with van der Waals surface area (Å²) in [6.07, 6.45) is 6.12. The quantitative estimate of drug-likeness (QED) is 0.446. The molecule has 3 heteroatoms. The van der Waals surface area contributed by atoms with Crippen LogP contribution in [-0.2, 0) is 9.47 Å². The van der Waals surface area contributed by atoms with Crippen LogP contribution >= 0.6 is 0 Å². The molecule has 0 aliphatic carbocycles. The maximum atomic E-state index is 10.8. The van der Waals surface area contributed by atoms with Gasteiger partial charge in [0.15, 0.2) is 0 Å². The molecule has 0 aromatic heterocycles. The Bertz CT molecular complexity index is 134. The van der Waals surface area contributed by atoms with Gasteiger partial charge < -0.3 is 9.47 Å². The molecule has 0 saturated heterocycles. The standard InChI is InChI=1S/C11H22O3/c1-3-5-6-7-8-10-14-11(12)13-9-4-2/h3-10H2,1-2H3. The second-order valence-electron chi connectivity index (χ2n) is 3.36. The van der Waals surface area contributed by atoms with Crippen LogP contribution < -0.4 is 0 Å². The lowest BCUT2D eigenvalue weighted by Gasteiger charge is -2.04. The number of carbonyl (C=O) groups excluding carboxylic acids is 1. The van der Waals surface area contributed by atoms with Crippen molar-refractivity contribution in [3.8, 4) is 0 Å². The topological polar surface area (TPSA) is 35.5 Å². The Labute approximate surface area is 86.8 Å². The van der Waals surface area contributed by atoms with Crippen molar-refractivity contribution in [2.45, 2.75) is 52.4 Å². The molecule has 0 radical (unpaired) electrons. The second kappa shape index (κ2) is 10.4. The van der Waals surface area contributed by atoms with Crippen molar-refractivity contribution >= 4 is 6.16 Å². The molecule has 0 N–H and O–H groups in total. The van der Waals surface area contributed by atoms with Crippen LogP contribution in [0.4, 0.5) is 4.79 Å². The summed E-state index contributed by atoms with van der Waals surface area (Å²) >= 11 is 0. The molecule has 0 bridgehead atoms. The third-order valence-electron chi connectivity index (χ3n) is 1.89. The van der Waals surface area contributed by atoms with E-state index in [0.717, 1.165) is 19.3 Å². The number of unbranched alkanes of at least 4 members (excludes halogenated alkanes) is 4. The van der Waals surface area contributed by atoms with E-state index in [1.54, 1.807) is 0 Å². The number of hydrogen-bond acceptors (Lipinski definition) is 3. The van der Waals surface area contributed by atoms with E-state index in [1.165, 1.54) is 19.3 Å². The summed E-state index contributed by atoms with van der Waals surface area (Å²) in [6, 6.07) is 0. The van der Waals surface area contributed by atoms with Gasteiger partial charge in [0.2, 0.25) is 0 Å². The Balaban J connectivity index is 3.07. The van der Waals surface area contributed by atoms with Gasteiger partial charge in [0, 0.05) is 0 Å². The van der Waals surface area contributed by atoms with Crippen LogP contribution in [-0.4, -0.2) is 19.4 Å². The monoisotopic (exact) mass is 202 g/mol. The summed E-state index contributed by atoms with van der Waals surface area (Å²) in [6.45, 7) is 5.08. The van der Waals surface area contributed by atoms with E-state index in [-0.39, 0.29) is 0 Å². The Morgan fingerprint density at radius 3 is 2.14 bits per heavy atom. The molecule has 0 atom stereocenters. The van der Waals surface area contributed by atoms with Crippen molar-refractivity contribution in [1.82, 2.24) is 0 Å². The highest BCUT2D eigenvalue weighted by Gasteiger charge is 2.01. The summed E-state index contributed by atoms with van der Waals surface area (Å²) in [4.78, 5) is 10.8. The van der Waals surface area contributed by atoms with Gasteiger partial charge in [-0.2, -0.15) is 0 Å². The van der Waals surface area contributed by atoms with E-state index in [0.29, 0.717) is 13.2 Å². The predicted octanol–water partition coefficient (Wildman–Crippen LogP) is 3.52. The number of carbonyl (C=O) groups is 1. The van der Waals surface area contributed by atoms with Gasteiger partial charge in [0.25, 0.3) is 0 Å². The SMILES string of the molecule is CCCCCCCOC(=O)OCCC. The summed E-state index contributed by atoms with van der Waals surface area (Å²) in [5, 5.41) is 0. The molecule has 0 unspecified atom stereocenters. The van der Waals surface area contributed by atoms with Gasteiger partial charge in [-0.3, -0.25) is 0 Å². The molecule has 84 valence electrons. The van der Waals surface area contributed by atoms with Crippen molar-refractivity contribution in [3.05, 3.63) is 0 Å². The third kappa shape index (κ3) is 9.36. The first-order valence-electron chi connectivity index (χ1n) is 5.60. The molecular weight excluding hydrogens is 180 g/mol. The van der Waals surface area contributed by atoms with Gasteiger partial charge in [-0.1, -0.05) is 39.5 Å². The Hall–Kier alpha value is -0.730. The normalized spacial score (nSPS) is 9.86. The van der Waals surface area contributed by atoms with Crippen LogP contribution in [0, 0.1) is 0 Å². The highest BCUT2D eigenvalue weighted by Crippen LogP contribution is 2.02. The second-order valence-corrected chi connectivity index (χ2v) is 3.36. The van der Waals surface area contributed by atoms with E-state index in [2.05, 4.69) is 6.92 Å². The smallest absolute Gasteiger partial charge is 0.434 e. The van der Waals surface area contributed by atoms with E-state index >= 15 is 0 Å². The van der Waals surface area contributed by atoms with E-state index < -0.39 is 6.16 Å². The van der Waals surface area contributed by atoms with Gasteiger partial charge in [-0.25, -0.2) is 4.79 Å². The van der Waals surface area contributed by atoms with Crippen molar-refractivity contribution in [1.29, 1.82) is 0 Å². The first kappa shape index (κ1) is 13.3. The molecular formula is C11H22O3. The largest absolute Gasteiger partial charge is 0.508 e. The fraction of sp³-hybridized carbons (Fsp3) is 0.909. The van der Waals surface area contributed by atoms with Gasteiger partial charge in [0.1, 0.15) is 0 Å². The Morgan fingerprint density at radius 2 is 1.50 bits per heavy atom.